The molecule has 0 unspecified atom stereocenters. The van der Waals surface area contributed by atoms with E-state index < -0.39 is 10.0 Å². The molecule has 1 heterocycles. The average molecular weight is 396 g/mol. The van der Waals surface area contributed by atoms with Crippen LogP contribution in [0.2, 0.25) is 0 Å². The Morgan fingerprint density at radius 1 is 1.07 bits per heavy atom. The lowest BCUT2D eigenvalue weighted by molar-refractivity contribution is 0.0263. The van der Waals surface area contributed by atoms with Crippen LogP contribution >= 0.6 is 0 Å². The van der Waals surface area contributed by atoms with Crippen LogP contribution in [-0.4, -0.2) is 24.8 Å². The van der Waals surface area contributed by atoms with E-state index in [0.717, 1.165) is 22.3 Å². The molecule has 148 valence electrons. The van der Waals surface area contributed by atoms with Crippen LogP contribution in [0, 0.1) is 45.0 Å². The molecule has 3 rings (SSSR count). The van der Waals surface area contributed by atoms with Crippen LogP contribution in [-0.2, 0) is 16.4 Å². The SMILES string of the molecule is C#C[C@@H]1[C@H](Cc2ccccc2)N(S(=O)(=O)c2c(C)cc(C)cc2C)[C@H]1C(C)C. The number of hydrogen-bond donors (Lipinski definition) is 0. The van der Waals surface area contributed by atoms with Gasteiger partial charge in [-0.15, -0.1) is 6.42 Å². The van der Waals surface area contributed by atoms with Gasteiger partial charge in [-0.05, 0) is 49.8 Å². The van der Waals surface area contributed by atoms with Crippen molar-refractivity contribution in [1.82, 2.24) is 4.31 Å². The molecule has 28 heavy (non-hydrogen) atoms. The Kier molecular flexibility index (Phi) is 5.70. The fourth-order valence-corrected chi connectivity index (χ4v) is 7.07. The molecule has 0 aromatic heterocycles. The molecule has 0 bridgehead atoms. The van der Waals surface area contributed by atoms with Crippen molar-refractivity contribution in [3.63, 3.8) is 0 Å². The average Bonchev–Trinajstić information content (AvgIpc) is 2.57. The molecule has 0 amide bonds. The Hall–Kier alpha value is -2.09. The highest BCUT2D eigenvalue weighted by molar-refractivity contribution is 7.89. The molecular formula is C24H29NO2S. The van der Waals surface area contributed by atoms with Gasteiger partial charge in [0.2, 0.25) is 10.0 Å². The number of benzene rings is 2. The standard InChI is InChI=1S/C24H29NO2S/c1-7-21-22(15-20-11-9-8-10-12-20)25(23(21)16(2)3)28(26,27)24-18(5)13-17(4)14-19(24)6/h1,8-14,16,21-23H,15H2,2-6H3/t21-,22+,23+/m1/s1. The van der Waals surface area contributed by atoms with E-state index in [1.807, 2.05) is 77.1 Å². The molecule has 1 fully saturated rings. The third-order valence-electron chi connectivity index (χ3n) is 5.71. The van der Waals surface area contributed by atoms with Gasteiger partial charge < -0.3 is 0 Å². The van der Waals surface area contributed by atoms with Crippen molar-refractivity contribution in [1.29, 1.82) is 0 Å². The summed E-state index contributed by atoms with van der Waals surface area (Å²) < 4.78 is 29.3. The molecule has 0 radical (unpaired) electrons. The first kappa shape index (κ1) is 20.6. The van der Waals surface area contributed by atoms with Crippen molar-refractivity contribution < 1.29 is 8.42 Å². The zero-order chi connectivity index (χ0) is 20.6. The maximum absolute atomic E-state index is 13.8. The van der Waals surface area contributed by atoms with Crippen LogP contribution in [0.5, 0.6) is 0 Å². The highest BCUT2D eigenvalue weighted by atomic mass is 32.2. The second kappa shape index (κ2) is 7.73. The normalized spacial score (nSPS) is 22.7. The van der Waals surface area contributed by atoms with Crippen LogP contribution in [0.1, 0.15) is 36.1 Å². The summed E-state index contributed by atoms with van der Waals surface area (Å²) in [6.07, 6.45) is 6.49. The molecule has 3 nitrogen and oxygen atoms in total. The van der Waals surface area contributed by atoms with Gasteiger partial charge in [0.1, 0.15) is 0 Å². The molecule has 0 spiro atoms. The van der Waals surface area contributed by atoms with Crippen LogP contribution < -0.4 is 0 Å². The van der Waals surface area contributed by atoms with E-state index in [9.17, 15) is 8.42 Å². The van der Waals surface area contributed by atoms with Gasteiger partial charge in [-0.2, -0.15) is 4.31 Å². The van der Waals surface area contributed by atoms with Gasteiger partial charge in [0, 0.05) is 12.1 Å². The number of hydrogen-bond acceptors (Lipinski definition) is 2. The minimum absolute atomic E-state index is 0.0824. The molecule has 1 aliphatic rings. The first-order valence-corrected chi connectivity index (χ1v) is 11.2. The van der Waals surface area contributed by atoms with Gasteiger partial charge in [0.25, 0.3) is 0 Å². The molecule has 2 aromatic rings. The molecule has 4 heteroatoms. The Bertz CT molecular complexity index is 980. The fourth-order valence-electron chi connectivity index (χ4n) is 4.67. The van der Waals surface area contributed by atoms with Crippen molar-refractivity contribution in [2.45, 2.75) is 58.0 Å². The van der Waals surface area contributed by atoms with Crippen molar-refractivity contribution >= 4 is 10.0 Å². The van der Waals surface area contributed by atoms with Crippen LogP contribution in [0.3, 0.4) is 0 Å². The second-order valence-electron chi connectivity index (χ2n) is 8.25. The van der Waals surface area contributed by atoms with Gasteiger partial charge in [-0.3, -0.25) is 0 Å². The van der Waals surface area contributed by atoms with Gasteiger partial charge in [0.15, 0.2) is 0 Å². The smallest absolute Gasteiger partial charge is 0.207 e. The Balaban J connectivity index is 2.08. The minimum Gasteiger partial charge on any atom is -0.207 e. The zero-order valence-electron chi connectivity index (χ0n) is 17.3. The van der Waals surface area contributed by atoms with E-state index in [4.69, 9.17) is 6.42 Å². The molecule has 3 atom stereocenters. The van der Waals surface area contributed by atoms with Gasteiger partial charge in [-0.1, -0.05) is 67.8 Å². The van der Waals surface area contributed by atoms with Crippen LogP contribution in [0.4, 0.5) is 0 Å². The number of aryl methyl sites for hydroxylation is 3. The lowest BCUT2D eigenvalue weighted by Gasteiger charge is -2.54. The highest BCUT2D eigenvalue weighted by Gasteiger charge is 2.55. The fraction of sp³-hybridized carbons (Fsp3) is 0.417. The van der Waals surface area contributed by atoms with Gasteiger partial charge in [0.05, 0.1) is 10.8 Å². The van der Waals surface area contributed by atoms with Crippen molar-refractivity contribution in [2.24, 2.45) is 11.8 Å². The van der Waals surface area contributed by atoms with Crippen LogP contribution in [0.15, 0.2) is 47.4 Å². The quantitative estimate of drug-likeness (QED) is 0.699. The van der Waals surface area contributed by atoms with E-state index in [2.05, 4.69) is 5.92 Å². The third kappa shape index (κ3) is 3.50. The Morgan fingerprint density at radius 3 is 2.14 bits per heavy atom. The van der Waals surface area contributed by atoms with E-state index >= 15 is 0 Å². The van der Waals surface area contributed by atoms with Gasteiger partial charge >= 0.3 is 0 Å². The van der Waals surface area contributed by atoms with Crippen molar-refractivity contribution in [2.75, 3.05) is 0 Å². The first-order chi connectivity index (χ1) is 13.2. The molecule has 0 N–H and O–H groups in total. The lowest BCUT2D eigenvalue weighted by Crippen LogP contribution is -2.67. The Morgan fingerprint density at radius 2 is 1.64 bits per heavy atom. The summed E-state index contributed by atoms with van der Waals surface area (Å²) in [5.41, 5.74) is 3.76. The Labute approximate surface area is 169 Å². The topological polar surface area (TPSA) is 37.4 Å². The number of sulfonamides is 1. The van der Waals surface area contributed by atoms with Gasteiger partial charge in [-0.25, -0.2) is 8.42 Å². The number of nitrogens with zero attached hydrogens (tertiary/aromatic N) is 1. The van der Waals surface area contributed by atoms with E-state index in [-0.39, 0.29) is 23.9 Å². The molecule has 1 saturated heterocycles. The summed E-state index contributed by atoms with van der Waals surface area (Å²) in [6.45, 7) is 9.84. The summed E-state index contributed by atoms with van der Waals surface area (Å²) >= 11 is 0. The molecule has 0 saturated carbocycles. The van der Waals surface area contributed by atoms with Crippen molar-refractivity contribution in [3.05, 3.63) is 64.7 Å². The lowest BCUT2D eigenvalue weighted by atomic mass is 9.75. The molecular weight excluding hydrogens is 366 g/mol. The predicted molar refractivity (Wildman–Crippen MR) is 115 cm³/mol. The number of terminal acetylenes is 1. The van der Waals surface area contributed by atoms with Crippen molar-refractivity contribution in [3.8, 4) is 12.3 Å². The maximum Gasteiger partial charge on any atom is 0.244 e. The first-order valence-electron chi connectivity index (χ1n) is 9.80. The monoisotopic (exact) mass is 395 g/mol. The van der Waals surface area contributed by atoms with Crippen LogP contribution in [0.25, 0.3) is 0 Å². The molecule has 2 aromatic carbocycles. The van der Waals surface area contributed by atoms with E-state index in [1.54, 1.807) is 4.31 Å². The summed E-state index contributed by atoms with van der Waals surface area (Å²) in [5, 5.41) is 0. The molecule has 0 aliphatic carbocycles. The summed E-state index contributed by atoms with van der Waals surface area (Å²) in [5.74, 6) is 2.95. The zero-order valence-corrected chi connectivity index (χ0v) is 18.1. The van der Waals surface area contributed by atoms with E-state index in [1.165, 1.54) is 0 Å². The highest BCUT2D eigenvalue weighted by Crippen LogP contribution is 2.43. The predicted octanol–water partition coefficient (Wildman–Crippen LogP) is 4.50. The number of rotatable bonds is 5. The summed E-state index contributed by atoms with van der Waals surface area (Å²) in [4.78, 5) is 0.428. The third-order valence-corrected chi connectivity index (χ3v) is 7.94. The summed E-state index contributed by atoms with van der Waals surface area (Å²) in [7, 11) is -3.65. The second-order valence-corrected chi connectivity index (χ2v) is 10.0. The molecule has 1 aliphatic heterocycles. The largest absolute Gasteiger partial charge is 0.244 e. The summed E-state index contributed by atoms with van der Waals surface area (Å²) in [6, 6.07) is 13.5. The maximum atomic E-state index is 13.8. The minimum atomic E-state index is -3.65. The van der Waals surface area contributed by atoms with E-state index in [0.29, 0.717) is 11.3 Å².